The molecule has 0 aliphatic carbocycles. The van der Waals surface area contributed by atoms with Crippen LogP contribution in [0.1, 0.15) is 10.4 Å². The first-order valence-corrected chi connectivity index (χ1v) is 10.1. The van der Waals surface area contributed by atoms with Gasteiger partial charge in [0.1, 0.15) is 0 Å². The molecular weight excluding hydrogens is 422 g/mol. The highest BCUT2D eigenvalue weighted by atomic mass is 35.5. The Morgan fingerprint density at radius 2 is 1.66 bits per heavy atom. The molecule has 3 rings (SSSR count). The predicted molar refractivity (Wildman–Crippen MR) is 108 cm³/mol. The lowest BCUT2D eigenvalue weighted by molar-refractivity contribution is 0.102. The van der Waals surface area contributed by atoms with Gasteiger partial charge in [-0.1, -0.05) is 29.8 Å². The monoisotopic (exact) mass is 436 g/mol. The molecule has 5 nitrogen and oxygen atoms in total. The Bertz CT molecular complexity index is 1170. The van der Waals surface area contributed by atoms with Crippen molar-refractivity contribution in [3.63, 3.8) is 0 Å². The molecule has 1 amide bonds. The number of nitrogens with zero attached hydrogens (tertiary/aromatic N) is 1. The van der Waals surface area contributed by atoms with E-state index in [1.54, 1.807) is 30.3 Å². The molecule has 9 heteroatoms. The summed E-state index contributed by atoms with van der Waals surface area (Å²) in [4.78, 5) is 12.4. The molecule has 0 radical (unpaired) electrons. The minimum absolute atomic E-state index is 0.000342. The summed E-state index contributed by atoms with van der Waals surface area (Å²) < 4.78 is 53.3. The zero-order valence-corrected chi connectivity index (χ0v) is 16.6. The Kier molecular flexibility index (Phi) is 5.86. The van der Waals surface area contributed by atoms with Crippen LogP contribution < -0.4 is 9.62 Å². The molecule has 3 aromatic rings. The third-order valence-electron chi connectivity index (χ3n) is 4.14. The quantitative estimate of drug-likeness (QED) is 0.630. The van der Waals surface area contributed by atoms with Gasteiger partial charge in [-0.2, -0.15) is 0 Å². The zero-order chi connectivity index (χ0) is 21.2. The van der Waals surface area contributed by atoms with E-state index in [0.717, 1.165) is 22.5 Å². The van der Waals surface area contributed by atoms with Crippen LogP contribution in [0.5, 0.6) is 0 Å². The Morgan fingerprint density at radius 3 is 2.31 bits per heavy atom. The van der Waals surface area contributed by atoms with Crippen LogP contribution >= 0.6 is 11.6 Å². The minimum Gasteiger partial charge on any atom is -0.322 e. The summed E-state index contributed by atoms with van der Waals surface area (Å²) in [6.07, 6.45) is 0. The van der Waals surface area contributed by atoms with Gasteiger partial charge < -0.3 is 5.32 Å². The van der Waals surface area contributed by atoms with E-state index < -0.39 is 27.6 Å². The van der Waals surface area contributed by atoms with E-state index in [1.807, 2.05) is 0 Å². The van der Waals surface area contributed by atoms with Gasteiger partial charge in [-0.15, -0.1) is 0 Å². The fraction of sp³-hybridized carbons (Fsp3) is 0.0500. The Balaban J connectivity index is 1.93. The van der Waals surface area contributed by atoms with E-state index >= 15 is 0 Å². The van der Waals surface area contributed by atoms with Gasteiger partial charge in [0, 0.05) is 18.8 Å². The maximum atomic E-state index is 13.3. The molecule has 3 aromatic carbocycles. The van der Waals surface area contributed by atoms with Crippen molar-refractivity contribution in [1.29, 1.82) is 0 Å². The smallest absolute Gasteiger partial charge is 0.264 e. The number of benzene rings is 3. The molecule has 0 bridgehead atoms. The van der Waals surface area contributed by atoms with Gasteiger partial charge in [0.25, 0.3) is 15.9 Å². The molecule has 0 saturated heterocycles. The van der Waals surface area contributed by atoms with Gasteiger partial charge >= 0.3 is 0 Å². The van der Waals surface area contributed by atoms with Crippen molar-refractivity contribution in [1.82, 2.24) is 0 Å². The number of hydrogen-bond donors (Lipinski definition) is 1. The molecule has 0 aromatic heterocycles. The molecule has 150 valence electrons. The van der Waals surface area contributed by atoms with Gasteiger partial charge in [-0.05, 0) is 42.5 Å². The van der Waals surface area contributed by atoms with Crippen molar-refractivity contribution < 1.29 is 22.0 Å². The van der Waals surface area contributed by atoms with Crippen LogP contribution in [0.15, 0.2) is 71.6 Å². The molecule has 0 fully saturated rings. The second kappa shape index (κ2) is 8.18. The third kappa shape index (κ3) is 4.38. The number of carbonyl (C=O) groups excluding carboxylic acids is 1. The molecule has 0 spiro atoms. The van der Waals surface area contributed by atoms with Crippen LogP contribution in [0.25, 0.3) is 0 Å². The van der Waals surface area contributed by atoms with E-state index in [-0.39, 0.29) is 21.2 Å². The first-order valence-electron chi connectivity index (χ1n) is 8.30. The number of nitrogens with one attached hydrogen (secondary N) is 1. The lowest BCUT2D eigenvalue weighted by Gasteiger charge is -2.20. The standard InChI is InChI=1S/C20H15ClF2N2O3S/c1-25(14-5-3-2-4-6-14)29(27,28)15-8-9-17(21)16(12-15)20(26)24-13-7-10-18(22)19(23)11-13/h2-12H,1H3,(H,24,26). The van der Waals surface area contributed by atoms with Crippen molar-refractivity contribution >= 4 is 38.9 Å². The van der Waals surface area contributed by atoms with Gasteiger partial charge in [0.2, 0.25) is 0 Å². The molecule has 0 heterocycles. The third-order valence-corrected chi connectivity index (χ3v) is 6.25. The molecule has 0 atom stereocenters. The summed E-state index contributed by atoms with van der Waals surface area (Å²) in [5.74, 6) is -2.95. The number of sulfonamides is 1. The lowest BCUT2D eigenvalue weighted by atomic mass is 10.2. The van der Waals surface area contributed by atoms with Crippen LogP contribution in [0.2, 0.25) is 5.02 Å². The van der Waals surface area contributed by atoms with Crippen LogP contribution in [-0.2, 0) is 10.0 Å². The van der Waals surface area contributed by atoms with Crippen molar-refractivity contribution in [2.24, 2.45) is 0 Å². The highest BCUT2D eigenvalue weighted by Crippen LogP contribution is 2.26. The van der Waals surface area contributed by atoms with Crippen molar-refractivity contribution in [2.45, 2.75) is 4.90 Å². The van der Waals surface area contributed by atoms with Crippen molar-refractivity contribution in [3.8, 4) is 0 Å². The van der Waals surface area contributed by atoms with Gasteiger partial charge in [-0.3, -0.25) is 9.10 Å². The highest BCUT2D eigenvalue weighted by Gasteiger charge is 2.24. The summed E-state index contributed by atoms with van der Waals surface area (Å²) in [6, 6.07) is 15.0. The largest absolute Gasteiger partial charge is 0.322 e. The SMILES string of the molecule is CN(c1ccccc1)S(=O)(=O)c1ccc(Cl)c(C(=O)Nc2ccc(F)c(F)c2)c1. The first kappa shape index (κ1) is 20.8. The van der Waals surface area contributed by atoms with E-state index in [2.05, 4.69) is 5.32 Å². The molecule has 0 unspecified atom stereocenters. The summed E-state index contributed by atoms with van der Waals surface area (Å²) in [7, 11) is -2.58. The Labute approximate surface area is 171 Å². The lowest BCUT2D eigenvalue weighted by Crippen LogP contribution is -2.27. The van der Waals surface area contributed by atoms with Gasteiger partial charge in [0.05, 0.1) is 21.2 Å². The molecule has 1 N–H and O–H groups in total. The van der Waals surface area contributed by atoms with Crippen molar-refractivity contribution in [2.75, 3.05) is 16.7 Å². The highest BCUT2D eigenvalue weighted by molar-refractivity contribution is 7.92. The van der Waals surface area contributed by atoms with Crippen LogP contribution in [0.3, 0.4) is 0 Å². The number of anilines is 2. The van der Waals surface area contributed by atoms with E-state index in [9.17, 15) is 22.0 Å². The number of para-hydroxylation sites is 1. The van der Waals surface area contributed by atoms with E-state index in [1.165, 1.54) is 25.2 Å². The second-order valence-corrected chi connectivity index (χ2v) is 8.41. The summed E-state index contributed by atoms with van der Waals surface area (Å²) in [5, 5.41) is 2.37. The Hall–Kier alpha value is -2.97. The van der Waals surface area contributed by atoms with Crippen LogP contribution in [0.4, 0.5) is 20.2 Å². The molecular formula is C20H15ClF2N2O3S. The fourth-order valence-electron chi connectivity index (χ4n) is 2.55. The number of hydrogen-bond acceptors (Lipinski definition) is 3. The second-order valence-electron chi connectivity index (χ2n) is 6.03. The maximum absolute atomic E-state index is 13.3. The maximum Gasteiger partial charge on any atom is 0.264 e. The topological polar surface area (TPSA) is 66.5 Å². The van der Waals surface area contributed by atoms with Gasteiger partial charge in [0.15, 0.2) is 11.6 Å². The fourth-order valence-corrected chi connectivity index (χ4v) is 3.97. The molecule has 29 heavy (non-hydrogen) atoms. The van der Waals surface area contributed by atoms with Crippen LogP contribution in [-0.4, -0.2) is 21.4 Å². The van der Waals surface area contributed by atoms with E-state index in [4.69, 9.17) is 11.6 Å². The average molecular weight is 437 g/mol. The summed E-state index contributed by atoms with van der Waals surface area (Å²) in [5.41, 5.74) is 0.314. The molecule has 0 saturated carbocycles. The van der Waals surface area contributed by atoms with Gasteiger partial charge in [-0.25, -0.2) is 17.2 Å². The van der Waals surface area contributed by atoms with E-state index in [0.29, 0.717) is 5.69 Å². The average Bonchev–Trinajstić information content (AvgIpc) is 2.71. The first-order chi connectivity index (χ1) is 13.7. The zero-order valence-electron chi connectivity index (χ0n) is 15.1. The number of rotatable bonds is 5. The molecule has 0 aliphatic heterocycles. The number of halogens is 3. The molecule has 0 aliphatic rings. The Morgan fingerprint density at radius 1 is 0.966 bits per heavy atom. The number of carbonyl (C=O) groups is 1. The summed E-state index contributed by atoms with van der Waals surface area (Å²) >= 11 is 6.06. The normalized spacial score (nSPS) is 11.2. The summed E-state index contributed by atoms with van der Waals surface area (Å²) in [6.45, 7) is 0. The van der Waals surface area contributed by atoms with Crippen molar-refractivity contribution in [3.05, 3.63) is 89.0 Å². The van der Waals surface area contributed by atoms with Crippen LogP contribution in [0, 0.1) is 11.6 Å². The number of amides is 1. The minimum atomic E-state index is -3.96. The predicted octanol–water partition coefficient (Wildman–Crippen LogP) is 4.70.